The van der Waals surface area contributed by atoms with Crippen LogP contribution in [0.3, 0.4) is 0 Å². The monoisotopic (exact) mass is 273 g/mol. The van der Waals surface area contributed by atoms with E-state index in [1.54, 1.807) is 13.8 Å². The third kappa shape index (κ3) is 2.91. The first kappa shape index (κ1) is 13.9. The Hall–Kier alpha value is -1.50. The highest BCUT2D eigenvalue weighted by Gasteiger charge is 2.23. The van der Waals surface area contributed by atoms with Gasteiger partial charge in [0.15, 0.2) is 0 Å². The average Bonchev–Trinajstić information content (AvgIpc) is 2.68. The van der Waals surface area contributed by atoms with Crippen LogP contribution in [0.4, 0.5) is 8.78 Å². The van der Waals surface area contributed by atoms with E-state index in [2.05, 4.69) is 5.10 Å². The van der Waals surface area contributed by atoms with Crippen molar-refractivity contribution in [1.29, 1.82) is 0 Å². The minimum absolute atomic E-state index is 0.0460. The number of hydroxylamine groups is 2. The highest BCUT2D eigenvalue weighted by atomic mass is 19.3. The summed E-state index contributed by atoms with van der Waals surface area (Å²) in [4.78, 5) is 17.3. The van der Waals surface area contributed by atoms with Crippen molar-refractivity contribution in [1.82, 2.24) is 14.8 Å². The Morgan fingerprint density at radius 2 is 2.16 bits per heavy atom. The fraction of sp³-hybridized carbons (Fsp3) is 0.667. The predicted molar refractivity (Wildman–Crippen MR) is 63.6 cm³/mol. The van der Waals surface area contributed by atoms with Crippen molar-refractivity contribution < 1.29 is 18.4 Å². The summed E-state index contributed by atoms with van der Waals surface area (Å²) in [5, 5.41) is 5.08. The molecule has 1 aromatic heterocycles. The molecule has 2 heterocycles. The highest BCUT2D eigenvalue weighted by molar-refractivity contribution is 5.78. The predicted octanol–water partition coefficient (Wildman–Crippen LogP) is 1.99. The van der Waals surface area contributed by atoms with Gasteiger partial charge < -0.3 is 0 Å². The zero-order chi connectivity index (χ0) is 14.0. The molecule has 5 nitrogen and oxygen atoms in total. The van der Waals surface area contributed by atoms with Gasteiger partial charge in [-0.1, -0.05) is 0 Å². The molecule has 1 aromatic rings. The van der Waals surface area contributed by atoms with Crippen LogP contribution in [0.1, 0.15) is 36.3 Å². The lowest BCUT2D eigenvalue weighted by Gasteiger charge is -2.25. The number of alkyl halides is 2. The number of aromatic nitrogens is 2. The summed E-state index contributed by atoms with van der Waals surface area (Å²) < 4.78 is 26.0. The van der Waals surface area contributed by atoms with E-state index < -0.39 is 6.55 Å². The Kier molecular flexibility index (Phi) is 4.14. The van der Waals surface area contributed by atoms with Gasteiger partial charge in [0.1, 0.15) is 0 Å². The van der Waals surface area contributed by atoms with Crippen LogP contribution < -0.4 is 0 Å². The highest BCUT2D eigenvalue weighted by Crippen LogP contribution is 2.20. The topological polar surface area (TPSA) is 47.4 Å². The van der Waals surface area contributed by atoms with E-state index >= 15 is 0 Å². The summed E-state index contributed by atoms with van der Waals surface area (Å²) in [5.74, 6) is -0.209. The first-order valence-electron chi connectivity index (χ1n) is 6.26. The van der Waals surface area contributed by atoms with Gasteiger partial charge in [0.05, 0.1) is 18.7 Å². The van der Waals surface area contributed by atoms with Crippen molar-refractivity contribution in [3.05, 3.63) is 17.0 Å². The fourth-order valence-electron chi connectivity index (χ4n) is 2.18. The van der Waals surface area contributed by atoms with Gasteiger partial charge in [-0.05, 0) is 26.7 Å². The van der Waals surface area contributed by atoms with Gasteiger partial charge in [-0.25, -0.2) is 9.75 Å². The van der Waals surface area contributed by atoms with E-state index in [0.29, 0.717) is 34.8 Å². The van der Waals surface area contributed by atoms with E-state index in [9.17, 15) is 13.6 Å². The Morgan fingerprint density at radius 3 is 2.68 bits per heavy atom. The molecule has 1 amide bonds. The van der Waals surface area contributed by atoms with Crippen molar-refractivity contribution in [3.63, 3.8) is 0 Å². The summed E-state index contributed by atoms with van der Waals surface area (Å²) >= 11 is 0. The number of halogens is 2. The largest absolute Gasteiger partial charge is 0.333 e. The van der Waals surface area contributed by atoms with Crippen LogP contribution in [0.15, 0.2) is 0 Å². The summed E-state index contributed by atoms with van der Waals surface area (Å²) in [6, 6.07) is 0. The van der Waals surface area contributed by atoms with Crippen LogP contribution in [0.25, 0.3) is 0 Å². The summed E-state index contributed by atoms with van der Waals surface area (Å²) in [7, 11) is 0. The molecule has 1 fully saturated rings. The molecular formula is C12H17F2N3O2. The minimum atomic E-state index is -2.69. The Balaban J connectivity index is 2.12. The molecule has 0 radical (unpaired) electrons. The number of nitrogens with zero attached hydrogens (tertiary/aromatic N) is 3. The molecule has 1 saturated heterocycles. The van der Waals surface area contributed by atoms with E-state index in [1.165, 1.54) is 5.06 Å². The van der Waals surface area contributed by atoms with Gasteiger partial charge in [-0.15, -0.1) is 0 Å². The number of hydrogen-bond acceptors (Lipinski definition) is 3. The van der Waals surface area contributed by atoms with Crippen LogP contribution in [-0.4, -0.2) is 33.9 Å². The van der Waals surface area contributed by atoms with Crippen LogP contribution in [0, 0.1) is 13.8 Å². The lowest BCUT2D eigenvalue weighted by atomic mass is 10.1. The Bertz CT molecular complexity index is 468. The van der Waals surface area contributed by atoms with E-state index in [0.717, 1.165) is 12.8 Å². The second-order valence-electron chi connectivity index (χ2n) is 4.58. The first-order valence-corrected chi connectivity index (χ1v) is 6.26. The second-order valence-corrected chi connectivity index (χ2v) is 4.58. The first-order chi connectivity index (χ1) is 9.00. The molecule has 0 unspecified atom stereocenters. The zero-order valence-electron chi connectivity index (χ0n) is 11.0. The van der Waals surface area contributed by atoms with Crippen LogP contribution in [-0.2, 0) is 16.1 Å². The number of hydrogen-bond donors (Lipinski definition) is 0. The molecule has 1 aliphatic heterocycles. The molecule has 0 N–H and O–H groups in total. The van der Waals surface area contributed by atoms with Crippen molar-refractivity contribution in [2.45, 2.75) is 39.7 Å². The molecule has 0 aromatic carbocycles. The van der Waals surface area contributed by atoms with Crippen molar-refractivity contribution in [3.8, 4) is 0 Å². The molecule has 0 aliphatic carbocycles. The maximum atomic E-state index is 12.7. The van der Waals surface area contributed by atoms with Gasteiger partial charge in [0.25, 0.3) is 5.91 Å². The number of carbonyl (C=O) groups excluding carboxylic acids is 1. The number of rotatable bonds is 3. The lowest BCUT2D eigenvalue weighted by molar-refractivity contribution is -0.196. The van der Waals surface area contributed by atoms with E-state index in [-0.39, 0.29) is 12.3 Å². The van der Waals surface area contributed by atoms with Gasteiger partial charge in [-0.2, -0.15) is 13.9 Å². The molecule has 0 spiro atoms. The normalized spacial score (nSPS) is 16.2. The zero-order valence-corrected chi connectivity index (χ0v) is 11.0. The molecule has 7 heteroatoms. The van der Waals surface area contributed by atoms with E-state index in [4.69, 9.17) is 4.84 Å². The Labute approximate surface area is 110 Å². The van der Waals surface area contributed by atoms with Crippen LogP contribution in [0.5, 0.6) is 0 Å². The average molecular weight is 273 g/mol. The molecule has 1 aliphatic rings. The van der Waals surface area contributed by atoms with Gasteiger partial charge in [0.2, 0.25) is 0 Å². The minimum Gasteiger partial charge on any atom is -0.272 e. The fourth-order valence-corrected chi connectivity index (χ4v) is 2.18. The molecule has 0 bridgehead atoms. The molecule has 2 rings (SSSR count). The lowest BCUT2D eigenvalue weighted by Crippen LogP contribution is -2.36. The third-order valence-electron chi connectivity index (χ3n) is 3.27. The third-order valence-corrected chi connectivity index (χ3v) is 3.27. The molecule has 19 heavy (non-hydrogen) atoms. The number of aryl methyl sites for hydroxylation is 1. The summed E-state index contributed by atoms with van der Waals surface area (Å²) in [5.41, 5.74) is 1.35. The number of carbonyl (C=O) groups is 1. The van der Waals surface area contributed by atoms with Crippen molar-refractivity contribution in [2.24, 2.45) is 0 Å². The molecular weight excluding hydrogens is 256 g/mol. The maximum absolute atomic E-state index is 12.7. The quantitative estimate of drug-likeness (QED) is 0.846. The molecule has 0 saturated carbocycles. The molecule has 106 valence electrons. The van der Waals surface area contributed by atoms with Crippen molar-refractivity contribution in [2.75, 3.05) is 13.2 Å². The van der Waals surface area contributed by atoms with E-state index in [1.807, 2.05) is 0 Å². The van der Waals surface area contributed by atoms with Crippen molar-refractivity contribution >= 4 is 5.91 Å². The smallest absolute Gasteiger partial charge is 0.272 e. The summed E-state index contributed by atoms with van der Waals surface area (Å²) in [6.45, 7) is 1.57. The number of amides is 1. The summed E-state index contributed by atoms with van der Waals surface area (Å²) in [6.07, 6.45) is 1.88. The van der Waals surface area contributed by atoms with Gasteiger partial charge >= 0.3 is 6.55 Å². The standard InChI is InChI=1S/C12H17F2N3O2/c1-8-10(9(2)17(15-8)12(13)14)7-11(18)16-5-3-4-6-19-16/h12H,3-7H2,1-2H3. The SMILES string of the molecule is Cc1nn(C(F)F)c(C)c1CC(=O)N1CCCCO1. The van der Waals surface area contributed by atoms with Crippen LogP contribution >= 0.6 is 0 Å². The molecule has 0 atom stereocenters. The van der Waals surface area contributed by atoms with Crippen LogP contribution in [0.2, 0.25) is 0 Å². The van der Waals surface area contributed by atoms with Gasteiger partial charge in [-0.3, -0.25) is 9.63 Å². The maximum Gasteiger partial charge on any atom is 0.333 e. The second kappa shape index (κ2) is 5.64. The Morgan fingerprint density at radius 1 is 1.42 bits per heavy atom. The van der Waals surface area contributed by atoms with Gasteiger partial charge in [0, 0.05) is 17.8 Å².